The lowest BCUT2D eigenvalue weighted by atomic mass is 10.2. The first-order chi connectivity index (χ1) is 9.02. The number of nitrogens with zero attached hydrogens (tertiary/aromatic N) is 2. The van der Waals surface area contributed by atoms with Crippen molar-refractivity contribution in [3.63, 3.8) is 0 Å². The molecule has 0 atom stereocenters. The van der Waals surface area contributed by atoms with Gasteiger partial charge in [0.05, 0.1) is 18.9 Å². The van der Waals surface area contributed by atoms with E-state index in [1.807, 2.05) is 19.1 Å². The van der Waals surface area contributed by atoms with Gasteiger partial charge in [-0.1, -0.05) is 17.7 Å². The second-order valence-electron chi connectivity index (χ2n) is 4.01. The van der Waals surface area contributed by atoms with Gasteiger partial charge >= 0.3 is 0 Å². The van der Waals surface area contributed by atoms with Crippen LogP contribution < -0.4 is 16.0 Å². The number of carbonyl (C=O) groups is 1. The lowest BCUT2D eigenvalue weighted by Crippen LogP contribution is -2.26. The molecule has 0 bridgehead atoms. The van der Waals surface area contributed by atoms with Crippen molar-refractivity contribution in [3.05, 3.63) is 51.9 Å². The number of rotatable bonds is 3. The minimum atomic E-state index is -0.752. The number of methoxy groups -OCH3 is 1. The molecule has 0 fully saturated rings. The predicted octanol–water partition coefficient (Wildman–Crippen LogP) is 0.648. The lowest BCUT2D eigenvalue weighted by molar-refractivity contribution is 0.0990. The molecule has 0 unspecified atom stereocenters. The number of ether oxygens (including phenoxy) is 1. The van der Waals surface area contributed by atoms with Crippen LogP contribution in [-0.4, -0.2) is 22.8 Å². The van der Waals surface area contributed by atoms with E-state index in [0.717, 1.165) is 10.2 Å². The molecule has 0 saturated carbocycles. The molecule has 0 aliphatic rings. The normalized spacial score (nSPS) is 10.2. The molecule has 19 heavy (non-hydrogen) atoms. The molecule has 2 aromatic rings. The van der Waals surface area contributed by atoms with Crippen LogP contribution in [0.1, 0.15) is 16.1 Å². The number of hydrogen-bond acceptors (Lipinski definition) is 4. The Bertz CT molecular complexity index is 675. The van der Waals surface area contributed by atoms with Gasteiger partial charge in [-0.15, -0.1) is 0 Å². The largest absolute Gasteiger partial charge is 0.494 e. The number of aromatic nitrogens is 2. The topological polar surface area (TPSA) is 87.2 Å². The van der Waals surface area contributed by atoms with E-state index < -0.39 is 11.5 Å². The number of carbonyl (C=O) groups excluding carboxylic acids is 1. The van der Waals surface area contributed by atoms with E-state index in [-0.39, 0.29) is 11.4 Å². The molecule has 0 aliphatic carbocycles. The van der Waals surface area contributed by atoms with Gasteiger partial charge in [0.25, 0.3) is 11.5 Å². The van der Waals surface area contributed by atoms with Gasteiger partial charge in [-0.25, -0.2) is 0 Å². The van der Waals surface area contributed by atoms with Gasteiger partial charge in [0.2, 0.25) is 0 Å². The van der Waals surface area contributed by atoms with Crippen LogP contribution in [0.2, 0.25) is 0 Å². The van der Waals surface area contributed by atoms with Crippen molar-refractivity contribution >= 4 is 5.91 Å². The van der Waals surface area contributed by atoms with E-state index >= 15 is 0 Å². The molecule has 0 aliphatic heterocycles. The summed E-state index contributed by atoms with van der Waals surface area (Å²) >= 11 is 0. The fourth-order valence-electron chi connectivity index (χ4n) is 1.64. The maximum Gasteiger partial charge on any atom is 0.275 e. The number of aryl methyl sites for hydroxylation is 1. The number of amides is 1. The Balaban J connectivity index is 2.64. The van der Waals surface area contributed by atoms with Crippen LogP contribution in [0.3, 0.4) is 0 Å². The van der Waals surface area contributed by atoms with Crippen LogP contribution in [0.25, 0.3) is 5.69 Å². The van der Waals surface area contributed by atoms with Gasteiger partial charge in [0, 0.05) is 0 Å². The number of hydrogen-bond donors (Lipinski definition) is 1. The van der Waals surface area contributed by atoms with Gasteiger partial charge in [0.15, 0.2) is 11.4 Å². The summed E-state index contributed by atoms with van der Waals surface area (Å²) in [5.41, 5.74) is 6.35. The van der Waals surface area contributed by atoms with Crippen molar-refractivity contribution < 1.29 is 9.53 Å². The van der Waals surface area contributed by atoms with E-state index in [4.69, 9.17) is 10.5 Å². The van der Waals surface area contributed by atoms with Gasteiger partial charge in [-0.2, -0.15) is 9.78 Å². The Morgan fingerprint density at radius 1 is 1.32 bits per heavy atom. The maximum atomic E-state index is 11.9. The zero-order valence-corrected chi connectivity index (χ0v) is 10.6. The SMILES string of the molecule is COc1cc(=O)n(-c2ccc(C)cc2)nc1C(N)=O. The second kappa shape index (κ2) is 4.93. The van der Waals surface area contributed by atoms with Crippen molar-refractivity contribution in [1.29, 1.82) is 0 Å². The number of benzene rings is 1. The summed E-state index contributed by atoms with van der Waals surface area (Å²) in [5.74, 6) is -0.682. The highest BCUT2D eigenvalue weighted by Crippen LogP contribution is 2.13. The molecule has 2 rings (SSSR count). The molecular formula is C13H13N3O3. The standard InChI is InChI=1S/C13H13N3O3/c1-8-3-5-9(6-4-8)16-11(17)7-10(19-2)12(15-16)13(14)18/h3-7H,1-2H3,(H2,14,18). The van der Waals surface area contributed by atoms with Crippen LogP contribution in [0.15, 0.2) is 35.1 Å². The fraction of sp³-hybridized carbons (Fsp3) is 0.154. The molecule has 98 valence electrons. The molecule has 6 nitrogen and oxygen atoms in total. The zero-order valence-electron chi connectivity index (χ0n) is 10.6. The highest BCUT2D eigenvalue weighted by Gasteiger charge is 2.15. The second-order valence-corrected chi connectivity index (χ2v) is 4.01. The Hall–Kier alpha value is -2.63. The lowest BCUT2D eigenvalue weighted by Gasteiger charge is -2.09. The van der Waals surface area contributed by atoms with E-state index in [9.17, 15) is 9.59 Å². The first-order valence-electron chi connectivity index (χ1n) is 5.58. The zero-order chi connectivity index (χ0) is 14.0. The highest BCUT2D eigenvalue weighted by molar-refractivity contribution is 5.93. The molecular weight excluding hydrogens is 246 g/mol. The van der Waals surface area contributed by atoms with E-state index in [1.54, 1.807) is 12.1 Å². The molecule has 1 heterocycles. The third-order valence-corrected chi connectivity index (χ3v) is 2.63. The average Bonchev–Trinajstić information content (AvgIpc) is 2.39. The van der Waals surface area contributed by atoms with Gasteiger partial charge in [-0.3, -0.25) is 9.59 Å². The van der Waals surface area contributed by atoms with Gasteiger partial charge in [-0.05, 0) is 19.1 Å². The van der Waals surface area contributed by atoms with E-state index in [2.05, 4.69) is 5.10 Å². The molecule has 6 heteroatoms. The fourth-order valence-corrected chi connectivity index (χ4v) is 1.64. The van der Waals surface area contributed by atoms with E-state index in [0.29, 0.717) is 5.69 Å². The third kappa shape index (κ3) is 2.47. The predicted molar refractivity (Wildman–Crippen MR) is 69.6 cm³/mol. The van der Waals surface area contributed by atoms with Crippen LogP contribution in [0.5, 0.6) is 5.75 Å². The Labute approximate surface area is 109 Å². The van der Waals surface area contributed by atoms with Crippen molar-refractivity contribution in [3.8, 4) is 11.4 Å². The summed E-state index contributed by atoms with van der Waals surface area (Å²) in [4.78, 5) is 23.2. The summed E-state index contributed by atoms with van der Waals surface area (Å²) in [7, 11) is 1.35. The summed E-state index contributed by atoms with van der Waals surface area (Å²) in [6.07, 6.45) is 0. The van der Waals surface area contributed by atoms with Crippen LogP contribution in [0, 0.1) is 6.92 Å². The van der Waals surface area contributed by atoms with Crippen molar-refractivity contribution in [2.45, 2.75) is 6.92 Å². The van der Waals surface area contributed by atoms with Crippen molar-refractivity contribution in [1.82, 2.24) is 9.78 Å². The minimum Gasteiger partial charge on any atom is -0.494 e. The van der Waals surface area contributed by atoms with Crippen molar-refractivity contribution in [2.75, 3.05) is 7.11 Å². The van der Waals surface area contributed by atoms with E-state index in [1.165, 1.54) is 13.2 Å². The van der Waals surface area contributed by atoms with Gasteiger partial charge in [0.1, 0.15) is 0 Å². The molecule has 0 radical (unpaired) electrons. The molecule has 0 spiro atoms. The smallest absolute Gasteiger partial charge is 0.275 e. The first kappa shape index (κ1) is 12.8. The maximum absolute atomic E-state index is 11.9. The summed E-state index contributed by atoms with van der Waals surface area (Å²) in [5, 5.41) is 3.95. The highest BCUT2D eigenvalue weighted by atomic mass is 16.5. The monoisotopic (exact) mass is 259 g/mol. The Morgan fingerprint density at radius 3 is 2.47 bits per heavy atom. The van der Waals surface area contributed by atoms with Gasteiger partial charge < -0.3 is 10.5 Å². The Kier molecular flexibility index (Phi) is 3.33. The van der Waals surface area contributed by atoms with Crippen LogP contribution >= 0.6 is 0 Å². The summed E-state index contributed by atoms with van der Waals surface area (Å²) in [6.45, 7) is 1.93. The molecule has 1 amide bonds. The number of primary amides is 1. The molecule has 1 aromatic heterocycles. The third-order valence-electron chi connectivity index (χ3n) is 2.63. The summed E-state index contributed by atoms with van der Waals surface area (Å²) < 4.78 is 6.03. The average molecular weight is 259 g/mol. The quantitative estimate of drug-likeness (QED) is 0.876. The van der Waals surface area contributed by atoms with Crippen LogP contribution in [-0.2, 0) is 0 Å². The Morgan fingerprint density at radius 2 is 1.95 bits per heavy atom. The van der Waals surface area contributed by atoms with Crippen LogP contribution in [0.4, 0.5) is 0 Å². The molecule has 1 aromatic carbocycles. The molecule has 0 saturated heterocycles. The number of nitrogens with two attached hydrogens (primary N) is 1. The van der Waals surface area contributed by atoms with Crippen molar-refractivity contribution in [2.24, 2.45) is 5.73 Å². The first-order valence-corrected chi connectivity index (χ1v) is 5.58. The minimum absolute atomic E-state index is 0.0702. The summed E-state index contributed by atoms with van der Waals surface area (Å²) in [6, 6.07) is 8.35. The molecule has 2 N–H and O–H groups in total.